The van der Waals surface area contributed by atoms with Crippen molar-refractivity contribution in [1.82, 2.24) is 0 Å². The molecule has 1 aromatic carbocycles. The van der Waals surface area contributed by atoms with Gasteiger partial charge in [0.15, 0.2) is 11.6 Å². The number of ketones is 2. The van der Waals surface area contributed by atoms with Crippen LogP contribution >= 0.6 is 0 Å². The molecular weight excluding hydrogens is 368 g/mol. The minimum absolute atomic E-state index is 0.0955. The minimum Gasteiger partial charge on any atom is -0.507 e. The standard InChI is InChI=1S/C24H38O5/c1-5-7-9-11-13-15-18(25)22-20(27)17-21(28-3)23(24(22)29-4)19(26)16-14-12-10-8-6-2/h17,27H,5-16H2,1-4H3. The number of methoxy groups -OCH3 is 2. The molecule has 0 atom stereocenters. The molecule has 1 aromatic rings. The molecular formula is C24H38O5. The predicted molar refractivity (Wildman–Crippen MR) is 117 cm³/mol. The summed E-state index contributed by atoms with van der Waals surface area (Å²) < 4.78 is 10.8. The Morgan fingerprint density at radius 2 is 1.24 bits per heavy atom. The van der Waals surface area contributed by atoms with Crippen LogP contribution in [0, 0.1) is 0 Å². The first-order valence-corrected chi connectivity index (χ1v) is 11.1. The lowest BCUT2D eigenvalue weighted by atomic mass is 9.95. The lowest BCUT2D eigenvalue weighted by molar-refractivity contribution is 0.0970. The highest BCUT2D eigenvalue weighted by atomic mass is 16.5. The van der Waals surface area contributed by atoms with Crippen molar-refractivity contribution in [2.45, 2.75) is 90.9 Å². The number of rotatable bonds is 16. The van der Waals surface area contributed by atoms with Gasteiger partial charge in [-0.25, -0.2) is 0 Å². The molecule has 0 bridgehead atoms. The van der Waals surface area contributed by atoms with E-state index in [1.54, 1.807) is 0 Å². The van der Waals surface area contributed by atoms with E-state index in [1.165, 1.54) is 20.3 Å². The summed E-state index contributed by atoms with van der Waals surface area (Å²) in [4.78, 5) is 25.7. The maximum atomic E-state index is 12.9. The van der Waals surface area contributed by atoms with E-state index >= 15 is 0 Å². The van der Waals surface area contributed by atoms with E-state index < -0.39 is 0 Å². The molecule has 1 rings (SSSR count). The Kier molecular flexibility index (Phi) is 12.1. The van der Waals surface area contributed by atoms with Crippen LogP contribution in [0.1, 0.15) is 112 Å². The second-order valence-electron chi connectivity index (χ2n) is 7.56. The van der Waals surface area contributed by atoms with Crippen LogP contribution in [0.25, 0.3) is 0 Å². The van der Waals surface area contributed by atoms with Crippen LogP contribution < -0.4 is 9.47 Å². The third kappa shape index (κ3) is 7.71. The first-order valence-electron chi connectivity index (χ1n) is 11.1. The van der Waals surface area contributed by atoms with Gasteiger partial charge in [0, 0.05) is 18.9 Å². The molecule has 0 amide bonds. The van der Waals surface area contributed by atoms with Gasteiger partial charge in [-0.05, 0) is 12.8 Å². The molecule has 0 saturated heterocycles. The summed E-state index contributed by atoms with van der Waals surface area (Å²) in [6.07, 6.45) is 11.0. The number of carbonyl (C=O) groups is 2. The summed E-state index contributed by atoms with van der Waals surface area (Å²) in [6.45, 7) is 4.30. The molecule has 1 N–H and O–H groups in total. The quantitative estimate of drug-likeness (QED) is 0.251. The maximum Gasteiger partial charge on any atom is 0.170 e. The fourth-order valence-electron chi connectivity index (χ4n) is 3.55. The summed E-state index contributed by atoms with van der Waals surface area (Å²) in [5, 5.41) is 10.4. The van der Waals surface area contributed by atoms with Crippen molar-refractivity contribution in [3.8, 4) is 17.2 Å². The summed E-state index contributed by atoms with van der Waals surface area (Å²) in [6, 6.07) is 1.36. The lowest BCUT2D eigenvalue weighted by Gasteiger charge is -2.17. The van der Waals surface area contributed by atoms with E-state index in [1.807, 2.05) is 0 Å². The lowest BCUT2D eigenvalue weighted by Crippen LogP contribution is -2.11. The van der Waals surface area contributed by atoms with Gasteiger partial charge in [-0.2, -0.15) is 0 Å². The van der Waals surface area contributed by atoms with Crippen LogP contribution in [-0.4, -0.2) is 30.9 Å². The number of hydrogen-bond acceptors (Lipinski definition) is 5. The molecule has 5 heteroatoms. The predicted octanol–water partition coefficient (Wildman–Crippen LogP) is 6.50. The Morgan fingerprint density at radius 3 is 1.69 bits per heavy atom. The van der Waals surface area contributed by atoms with Gasteiger partial charge in [0.1, 0.15) is 28.4 Å². The average molecular weight is 407 g/mol. The molecule has 0 spiro atoms. The third-order valence-electron chi connectivity index (χ3n) is 5.22. The van der Waals surface area contributed by atoms with Gasteiger partial charge in [0.2, 0.25) is 0 Å². The van der Waals surface area contributed by atoms with Crippen molar-refractivity contribution in [3.63, 3.8) is 0 Å². The Balaban J connectivity index is 3.01. The number of aromatic hydroxyl groups is 1. The number of phenolic OH excluding ortho intramolecular Hbond substituents is 1. The number of hydrogen-bond donors (Lipinski definition) is 1. The topological polar surface area (TPSA) is 72.8 Å². The van der Waals surface area contributed by atoms with Crippen LogP contribution in [0.5, 0.6) is 17.2 Å². The van der Waals surface area contributed by atoms with Gasteiger partial charge in [0.25, 0.3) is 0 Å². The van der Waals surface area contributed by atoms with E-state index in [9.17, 15) is 14.7 Å². The molecule has 0 fully saturated rings. The van der Waals surface area contributed by atoms with E-state index in [0.717, 1.165) is 64.2 Å². The van der Waals surface area contributed by atoms with Crippen LogP contribution in [0.2, 0.25) is 0 Å². The summed E-state index contributed by atoms with van der Waals surface area (Å²) in [7, 11) is 2.87. The number of unbranched alkanes of at least 4 members (excludes halogenated alkanes) is 8. The van der Waals surface area contributed by atoms with Gasteiger partial charge in [-0.1, -0.05) is 65.2 Å². The maximum absolute atomic E-state index is 12.9. The number of Topliss-reactive ketones (excluding diaryl/α,β-unsaturated/α-hetero) is 2. The molecule has 0 saturated carbocycles. The first-order chi connectivity index (χ1) is 14.0. The van der Waals surface area contributed by atoms with E-state index in [0.29, 0.717) is 12.8 Å². The van der Waals surface area contributed by atoms with Crippen LogP contribution in [0.15, 0.2) is 6.07 Å². The molecule has 0 aliphatic carbocycles. The third-order valence-corrected chi connectivity index (χ3v) is 5.22. The van der Waals surface area contributed by atoms with Crippen molar-refractivity contribution in [3.05, 3.63) is 17.2 Å². The van der Waals surface area contributed by atoms with Crippen LogP contribution in [0.3, 0.4) is 0 Å². The highest BCUT2D eigenvalue weighted by molar-refractivity contribution is 6.09. The van der Waals surface area contributed by atoms with Gasteiger partial charge in [-0.3, -0.25) is 9.59 Å². The SMILES string of the molecule is CCCCCCCC(=O)c1c(O)cc(OC)c(C(=O)CCCCCCC)c1OC. The average Bonchev–Trinajstić information content (AvgIpc) is 2.71. The number of benzene rings is 1. The molecule has 0 aliphatic rings. The Bertz CT molecular complexity index is 651. The molecule has 0 heterocycles. The molecule has 0 aromatic heterocycles. The smallest absolute Gasteiger partial charge is 0.170 e. The summed E-state index contributed by atoms with van der Waals surface area (Å²) in [5.41, 5.74) is 0.357. The molecule has 0 radical (unpaired) electrons. The zero-order valence-electron chi connectivity index (χ0n) is 18.6. The van der Waals surface area contributed by atoms with Crippen molar-refractivity contribution in [1.29, 1.82) is 0 Å². The van der Waals surface area contributed by atoms with E-state index in [4.69, 9.17) is 9.47 Å². The summed E-state index contributed by atoms with van der Waals surface area (Å²) in [5.74, 6) is -0.129. The van der Waals surface area contributed by atoms with Gasteiger partial charge >= 0.3 is 0 Å². The minimum atomic E-state index is -0.199. The van der Waals surface area contributed by atoms with E-state index in [-0.39, 0.29) is 39.9 Å². The fraction of sp³-hybridized carbons (Fsp3) is 0.667. The number of carbonyl (C=O) groups excluding carboxylic acids is 2. The van der Waals surface area contributed by atoms with Crippen LogP contribution in [0.4, 0.5) is 0 Å². The van der Waals surface area contributed by atoms with E-state index in [2.05, 4.69) is 13.8 Å². The zero-order chi connectivity index (χ0) is 21.6. The molecule has 0 aliphatic heterocycles. The summed E-state index contributed by atoms with van der Waals surface area (Å²) >= 11 is 0. The monoisotopic (exact) mass is 406 g/mol. The largest absolute Gasteiger partial charge is 0.507 e. The Morgan fingerprint density at radius 1 is 0.759 bits per heavy atom. The normalized spacial score (nSPS) is 10.8. The number of ether oxygens (including phenoxy) is 2. The molecule has 0 unspecified atom stereocenters. The highest BCUT2D eigenvalue weighted by Gasteiger charge is 2.27. The molecule has 29 heavy (non-hydrogen) atoms. The second kappa shape index (κ2) is 14.0. The van der Waals surface area contributed by atoms with Crippen molar-refractivity contribution < 1.29 is 24.2 Å². The van der Waals surface area contributed by atoms with Crippen molar-refractivity contribution >= 4 is 11.6 Å². The van der Waals surface area contributed by atoms with Crippen LogP contribution in [-0.2, 0) is 0 Å². The second-order valence-corrected chi connectivity index (χ2v) is 7.56. The molecule has 5 nitrogen and oxygen atoms in total. The van der Waals surface area contributed by atoms with Crippen molar-refractivity contribution in [2.75, 3.05) is 14.2 Å². The first kappa shape index (κ1) is 25.0. The number of phenols is 1. The van der Waals surface area contributed by atoms with Gasteiger partial charge in [0.05, 0.1) is 14.2 Å². The zero-order valence-corrected chi connectivity index (χ0v) is 18.6. The Labute approximate surface area is 175 Å². The highest BCUT2D eigenvalue weighted by Crippen LogP contribution is 2.40. The fourth-order valence-corrected chi connectivity index (χ4v) is 3.55. The van der Waals surface area contributed by atoms with Gasteiger partial charge < -0.3 is 14.6 Å². The Hall–Kier alpha value is -2.04. The molecule has 164 valence electrons. The van der Waals surface area contributed by atoms with Gasteiger partial charge in [-0.15, -0.1) is 0 Å². The van der Waals surface area contributed by atoms with Crippen molar-refractivity contribution in [2.24, 2.45) is 0 Å².